The van der Waals surface area contributed by atoms with Crippen LogP contribution in [0.5, 0.6) is 11.5 Å². The van der Waals surface area contributed by atoms with E-state index in [1.165, 1.54) is 0 Å². The molecule has 2 aliphatic heterocycles. The summed E-state index contributed by atoms with van der Waals surface area (Å²) in [5.41, 5.74) is 1.08. The number of fused-ring (bicyclic) bond motifs is 1. The minimum atomic E-state index is -0.450. The van der Waals surface area contributed by atoms with E-state index >= 15 is 0 Å². The van der Waals surface area contributed by atoms with Crippen LogP contribution in [-0.2, 0) is 9.59 Å². The highest BCUT2D eigenvalue weighted by atomic mass is 16.5. The second kappa shape index (κ2) is 8.88. The molecule has 2 aromatic rings. The quantitative estimate of drug-likeness (QED) is 0.770. The molecule has 0 bridgehead atoms. The van der Waals surface area contributed by atoms with Gasteiger partial charge in [-0.25, -0.2) is 0 Å². The second-order valence-corrected chi connectivity index (χ2v) is 8.13. The number of para-hydroxylation sites is 1. The maximum absolute atomic E-state index is 13.3. The molecule has 4 rings (SSSR count). The van der Waals surface area contributed by atoms with E-state index in [1.807, 2.05) is 53.4 Å². The van der Waals surface area contributed by atoms with E-state index in [0.717, 1.165) is 36.3 Å². The van der Waals surface area contributed by atoms with Gasteiger partial charge in [-0.2, -0.15) is 0 Å². The second-order valence-electron chi connectivity index (χ2n) is 8.13. The van der Waals surface area contributed by atoms with Crippen LogP contribution >= 0.6 is 0 Å². The Kier molecular flexibility index (Phi) is 6.04. The van der Waals surface area contributed by atoms with Crippen molar-refractivity contribution in [3.63, 3.8) is 0 Å². The van der Waals surface area contributed by atoms with E-state index in [2.05, 4.69) is 16.7 Å². The summed E-state index contributed by atoms with van der Waals surface area (Å²) >= 11 is 0. The molecule has 2 amide bonds. The monoisotopic (exact) mass is 407 g/mol. The van der Waals surface area contributed by atoms with E-state index in [1.54, 1.807) is 14.0 Å². The average molecular weight is 408 g/mol. The van der Waals surface area contributed by atoms with Crippen molar-refractivity contribution >= 4 is 11.8 Å². The largest absolute Gasteiger partial charge is 0.457 e. The molecule has 4 atom stereocenters. The van der Waals surface area contributed by atoms with Crippen LogP contribution in [0.2, 0.25) is 0 Å². The molecule has 2 fully saturated rings. The number of nitrogens with one attached hydrogen (secondary N) is 2. The van der Waals surface area contributed by atoms with E-state index < -0.39 is 6.04 Å². The van der Waals surface area contributed by atoms with Gasteiger partial charge >= 0.3 is 0 Å². The Morgan fingerprint density at radius 3 is 2.53 bits per heavy atom. The zero-order chi connectivity index (χ0) is 21.1. The van der Waals surface area contributed by atoms with Crippen LogP contribution in [0.1, 0.15) is 44.2 Å². The van der Waals surface area contributed by atoms with Crippen molar-refractivity contribution in [1.82, 2.24) is 15.5 Å². The molecule has 0 aromatic heterocycles. The number of likely N-dealkylation sites (N-methyl/N-ethyl adjacent to an activating group) is 1. The van der Waals surface area contributed by atoms with Gasteiger partial charge in [-0.15, -0.1) is 0 Å². The third-order valence-electron chi connectivity index (χ3n) is 6.21. The summed E-state index contributed by atoms with van der Waals surface area (Å²) in [6.07, 6.45) is 3.54. The zero-order valence-corrected chi connectivity index (χ0v) is 17.5. The van der Waals surface area contributed by atoms with Gasteiger partial charge in [-0.1, -0.05) is 30.3 Å². The summed E-state index contributed by atoms with van der Waals surface area (Å²) in [6, 6.07) is 17.2. The molecule has 0 aliphatic carbocycles. The topological polar surface area (TPSA) is 70.7 Å². The standard InChI is InChI=1S/C24H29N3O3/c1-16(25-2)23(28)26-21-13-11-18-12-14-22(27(18)24(21)29)17-7-6-10-20(15-17)30-19-8-4-3-5-9-19/h3-10,15-16,18,21-22,25H,11-14H2,1-2H3,(H,26,28)/t16?,18-,21-,22-/m0/s1. The lowest BCUT2D eigenvalue weighted by Crippen LogP contribution is -2.56. The molecule has 6 heteroatoms. The molecule has 0 spiro atoms. The van der Waals surface area contributed by atoms with Gasteiger partial charge in [0.1, 0.15) is 17.5 Å². The first-order valence-corrected chi connectivity index (χ1v) is 10.7. The van der Waals surface area contributed by atoms with E-state index in [-0.39, 0.29) is 29.9 Å². The molecule has 0 saturated carbocycles. The molecule has 2 saturated heterocycles. The van der Waals surface area contributed by atoms with E-state index in [4.69, 9.17) is 4.74 Å². The molecule has 1 unspecified atom stereocenters. The first-order chi connectivity index (χ1) is 14.6. The number of ether oxygens (including phenoxy) is 1. The van der Waals surface area contributed by atoms with Crippen LogP contribution in [0.15, 0.2) is 54.6 Å². The highest BCUT2D eigenvalue weighted by molar-refractivity contribution is 5.90. The summed E-state index contributed by atoms with van der Waals surface area (Å²) in [6.45, 7) is 1.79. The van der Waals surface area contributed by atoms with Gasteiger partial charge in [0.25, 0.3) is 0 Å². The van der Waals surface area contributed by atoms with Crippen molar-refractivity contribution in [3.8, 4) is 11.5 Å². The smallest absolute Gasteiger partial charge is 0.245 e. The lowest BCUT2D eigenvalue weighted by molar-refractivity contribution is -0.142. The van der Waals surface area contributed by atoms with Gasteiger partial charge in [-0.3, -0.25) is 9.59 Å². The SMILES string of the molecule is CNC(C)C(=O)N[C@H]1CC[C@H]2CC[C@@H](c3cccc(Oc4ccccc4)c3)N2C1=O. The van der Waals surface area contributed by atoms with Crippen LogP contribution in [0, 0.1) is 0 Å². The number of carbonyl (C=O) groups is 2. The van der Waals surface area contributed by atoms with Crippen LogP contribution in [0.25, 0.3) is 0 Å². The van der Waals surface area contributed by atoms with E-state index in [0.29, 0.717) is 6.42 Å². The van der Waals surface area contributed by atoms with Crippen LogP contribution < -0.4 is 15.4 Å². The maximum atomic E-state index is 13.3. The Morgan fingerprint density at radius 1 is 1.03 bits per heavy atom. The van der Waals surface area contributed by atoms with Gasteiger partial charge in [0.05, 0.1) is 12.1 Å². The number of nitrogens with zero attached hydrogens (tertiary/aromatic N) is 1. The lowest BCUT2D eigenvalue weighted by atomic mass is 9.97. The van der Waals surface area contributed by atoms with Crippen LogP contribution in [0.3, 0.4) is 0 Å². The lowest BCUT2D eigenvalue weighted by Gasteiger charge is -2.38. The molecule has 30 heavy (non-hydrogen) atoms. The number of hydrogen-bond donors (Lipinski definition) is 2. The number of benzene rings is 2. The fourth-order valence-electron chi connectivity index (χ4n) is 4.46. The third kappa shape index (κ3) is 4.19. The highest BCUT2D eigenvalue weighted by Crippen LogP contribution is 2.42. The normalized spacial score (nSPS) is 24.3. The maximum Gasteiger partial charge on any atom is 0.245 e. The zero-order valence-electron chi connectivity index (χ0n) is 17.5. The average Bonchev–Trinajstić information content (AvgIpc) is 3.21. The first-order valence-electron chi connectivity index (χ1n) is 10.7. The van der Waals surface area contributed by atoms with Crippen molar-refractivity contribution in [2.24, 2.45) is 0 Å². The predicted octanol–water partition coefficient (Wildman–Crippen LogP) is 3.40. The van der Waals surface area contributed by atoms with Crippen molar-refractivity contribution in [2.45, 2.75) is 56.8 Å². The Morgan fingerprint density at radius 2 is 1.77 bits per heavy atom. The van der Waals surface area contributed by atoms with Gasteiger partial charge in [0, 0.05) is 6.04 Å². The molecule has 6 nitrogen and oxygen atoms in total. The van der Waals surface area contributed by atoms with Gasteiger partial charge in [-0.05, 0) is 69.5 Å². The number of carbonyl (C=O) groups excluding carboxylic acids is 2. The fraction of sp³-hybridized carbons (Fsp3) is 0.417. The molecule has 2 aromatic carbocycles. The number of amides is 2. The summed E-state index contributed by atoms with van der Waals surface area (Å²) in [5, 5.41) is 5.86. The first kappa shape index (κ1) is 20.4. The van der Waals surface area contributed by atoms with Gasteiger partial charge in [0.15, 0.2) is 0 Å². The molecule has 0 radical (unpaired) electrons. The Bertz CT molecular complexity index is 902. The van der Waals surface area contributed by atoms with Crippen LogP contribution in [0.4, 0.5) is 0 Å². The minimum Gasteiger partial charge on any atom is -0.457 e. The summed E-state index contributed by atoms with van der Waals surface area (Å²) in [5.74, 6) is 1.44. The molecule has 2 heterocycles. The van der Waals surface area contributed by atoms with E-state index in [9.17, 15) is 9.59 Å². The molecular weight excluding hydrogens is 378 g/mol. The van der Waals surface area contributed by atoms with Crippen molar-refractivity contribution in [3.05, 3.63) is 60.2 Å². The van der Waals surface area contributed by atoms with Crippen molar-refractivity contribution < 1.29 is 14.3 Å². The number of hydrogen-bond acceptors (Lipinski definition) is 4. The fourth-order valence-corrected chi connectivity index (χ4v) is 4.46. The van der Waals surface area contributed by atoms with Crippen LogP contribution in [-0.4, -0.2) is 41.9 Å². The summed E-state index contributed by atoms with van der Waals surface area (Å²) in [7, 11) is 1.74. The number of piperidine rings is 1. The number of rotatable bonds is 6. The molecule has 2 aliphatic rings. The Hall–Kier alpha value is -2.86. The summed E-state index contributed by atoms with van der Waals surface area (Å²) < 4.78 is 5.99. The highest BCUT2D eigenvalue weighted by Gasteiger charge is 2.44. The molecular formula is C24H29N3O3. The molecule has 158 valence electrons. The van der Waals surface area contributed by atoms with Gasteiger partial charge in [0.2, 0.25) is 11.8 Å². The van der Waals surface area contributed by atoms with Gasteiger partial charge < -0.3 is 20.3 Å². The Balaban J connectivity index is 1.50. The third-order valence-corrected chi connectivity index (χ3v) is 6.21. The minimum absolute atomic E-state index is 0.0169. The Labute approximate surface area is 177 Å². The molecule has 2 N–H and O–H groups in total. The summed E-state index contributed by atoms with van der Waals surface area (Å²) in [4.78, 5) is 27.6. The van der Waals surface area contributed by atoms with Crippen molar-refractivity contribution in [1.29, 1.82) is 0 Å². The predicted molar refractivity (Wildman–Crippen MR) is 115 cm³/mol. The van der Waals surface area contributed by atoms with Crippen molar-refractivity contribution in [2.75, 3.05) is 7.05 Å².